The van der Waals surface area contributed by atoms with Crippen molar-refractivity contribution in [3.8, 4) is 0 Å². The maximum atomic E-state index is 3.73. The molecule has 2 rings (SSSR count). The van der Waals surface area contributed by atoms with Crippen molar-refractivity contribution in [3.63, 3.8) is 0 Å². The minimum atomic E-state index is 0.174. The average Bonchev–Trinajstić information content (AvgIpc) is 2.54. The molecule has 1 nitrogen and oxygen atoms in total. The zero-order valence-electron chi connectivity index (χ0n) is 12.3. The molecule has 1 N–H and O–H groups in total. The second-order valence-corrected chi connectivity index (χ2v) is 6.90. The molecule has 0 aromatic heterocycles. The third kappa shape index (κ3) is 2.95. The van der Waals surface area contributed by atoms with Gasteiger partial charge in [0.25, 0.3) is 0 Å². The van der Waals surface area contributed by atoms with E-state index in [2.05, 4.69) is 57.3 Å². The lowest BCUT2D eigenvalue weighted by Crippen LogP contribution is -2.38. The molecule has 0 amide bonds. The SMILES string of the molecule is CC(C)(C)c1ccc(C2(C)CCCCCN2)cc1. The molecule has 1 heterocycles. The highest BCUT2D eigenvalue weighted by atomic mass is 15.0. The minimum absolute atomic E-state index is 0.174. The molecule has 1 unspecified atom stereocenters. The molecule has 0 radical (unpaired) electrons. The first-order valence-electron chi connectivity index (χ1n) is 7.28. The molecule has 1 aromatic carbocycles. The predicted octanol–water partition coefficient (Wildman–Crippen LogP) is 4.36. The molecule has 1 heteroatoms. The van der Waals surface area contributed by atoms with Crippen molar-refractivity contribution in [2.45, 2.75) is 64.3 Å². The molecule has 0 saturated carbocycles. The van der Waals surface area contributed by atoms with Crippen LogP contribution >= 0.6 is 0 Å². The summed E-state index contributed by atoms with van der Waals surface area (Å²) >= 11 is 0. The molecule has 1 saturated heterocycles. The molecule has 1 fully saturated rings. The fourth-order valence-corrected chi connectivity index (χ4v) is 2.82. The van der Waals surface area contributed by atoms with Crippen molar-refractivity contribution in [2.24, 2.45) is 0 Å². The number of nitrogens with one attached hydrogen (secondary N) is 1. The third-order valence-electron chi connectivity index (χ3n) is 4.26. The standard InChI is InChI=1S/C17H27N/c1-16(2,3)14-8-10-15(11-9-14)17(4)12-6-5-7-13-18-17/h8-11,18H,5-7,12-13H2,1-4H3. The van der Waals surface area contributed by atoms with Gasteiger partial charge in [-0.15, -0.1) is 0 Å². The van der Waals surface area contributed by atoms with Gasteiger partial charge >= 0.3 is 0 Å². The van der Waals surface area contributed by atoms with Crippen LogP contribution in [0.5, 0.6) is 0 Å². The van der Waals surface area contributed by atoms with Gasteiger partial charge in [0.15, 0.2) is 0 Å². The van der Waals surface area contributed by atoms with Gasteiger partial charge in [0.2, 0.25) is 0 Å². The van der Waals surface area contributed by atoms with E-state index in [0.717, 1.165) is 6.54 Å². The quantitative estimate of drug-likeness (QED) is 0.775. The van der Waals surface area contributed by atoms with Crippen LogP contribution in [0.25, 0.3) is 0 Å². The number of hydrogen-bond acceptors (Lipinski definition) is 1. The van der Waals surface area contributed by atoms with Crippen molar-refractivity contribution in [2.75, 3.05) is 6.54 Å². The van der Waals surface area contributed by atoms with Gasteiger partial charge in [0, 0.05) is 5.54 Å². The molecule has 0 bridgehead atoms. The fraction of sp³-hybridized carbons (Fsp3) is 0.647. The van der Waals surface area contributed by atoms with Crippen LogP contribution in [0.15, 0.2) is 24.3 Å². The van der Waals surface area contributed by atoms with Crippen molar-refractivity contribution in [3.05, 3.63) is 35.4 Å². The van der Waals surface area contributed by atoms with Gasteiger partial charge in [0.05, 0.1) is 0 Å². The lowest BCUT2D eigenvalue weighted by atomic mass is 9.83. The van der Waals surface area contributed by atoms with E-state index >= 15 is 0 Å². The van der Waals surface area contributed by atoms with Gasteiger partial charge < -0.3 is 5.32 Å². The molecule has 1 atom stereocenters. The average molecular weight is 245 g/mol. The monoisotopic (exact) mass is 245 g/mol. The molecule has 0 spiro atoms. The topological polar surface area (TPSA) is 12.0 Å². The Morgan fingerprint density at radius 2 is 1.67 bits per heavy atom. The number of benzene rings is 1. The summed E-state index contributed by atoms with van der Waals surface area (Å²) in [6.07, 6.45) is 5.27. The van der Waals surface area contributed by atoms with Gasteiger partial charge in [-0.1, -0.05) is 57.9 Å². The molecule has 1 aliphatic heterocycles. The Labute approximate surface area is 112 Å². The van der Waals surface area contributed by atoms with Crippen LogP contribution in [0.4, 0.5) is 0 Å². The lowest BCUT2D eigenvalue weighted by Gasteiger charge is -2.31. The smallest absolute Gasteiger partial charge is 0.0406 e. The summed E-state index contributed by atoms with van der Waals surface area (Å²) in [6, 6.07) is 9.23. The van der Waals surface area contributed by atoms with E-state index in [-0.39, 0.29) is 11.0 Å². The molecular weight excluding hydrogens is 218 g/mol. The number of rotatable bonds is 1. The third-order valence-corrected chi connectivity index (χ3v) is 4.26. The van der Waals surface area contributed by atoms with E-state index in [1.807, 2.05) is 0 Å². The van der Waals surface area contributed by atoms with Gasteiger partial charge in [-0.05, 0) is 42.9 Å². The summed E-state index contributed by atoms with van der Waals surface area (Å²) in [5.74, 6) is 0. The second kappa shape index (κ2) is 5.05. The highest BCUT2D eigenvalue weighted by Crippen LogP contribution is 2.31. The van der Waals surface area contributed by atoms with E-state index in [1.165, 1.54) is 36.8 Å². The Morgan fingerprint density at radius 3 is 2.28 bits per heavy atom. The van der Waals surface area contributed by atoms with Gasteiger partial charge in [-0.25, -0.2) is 0 Å². The molecule has 1 aliphatic rings. The van der Waals surface area contributed by atoms with E-state index in [0.29, 0.717) is 0 Å². The van der Waals surface area contributed by atoms with Gasteiger partial charge in [-0.2, -0.15) is 0 Å². The largest absolute Gasteiger partial charge is 0.308 e. The molecule has 1 aromatic rings. The summed E-state index contributed by atoms with van der Waals surface area (Å²) in [5, 5.41) is 3.73. The summed E-state index contributed by atoms with van der Waals surface area (Å²) in [6.45, 7) is 10.3. The van der Waals surface area contributed by atoms with Crippen LogP contribution in [-0.4, -0.2) is 6.54 Å². The highest BCUT2D eigenvalue weighted by Gasteiger charge is 2.27. The summed E-state index contributed by atoms with van der Waals surface area (Å²) in [4.78, 5) is 0. The highest BCUT2D eigenvalue weighted by molar-refractivity contribution is 5.31. The lowest BCUT2D eigenvalue weighted by molar-refractivity contribution is 0.359. The van der Waals surface area contributed by atoms with E-state index in [1.54, 1.807) is 0 Å². The normalized spacial score (nSPS) is 25.8. The van der Waals surface area contributed by atoms with Crippen molar-refractivity contribution >= 4 is 0 Å². The summed E-state index contributed by atoms with van der Waals surface area (Å²) in [5.41, 5.74) is 3.28. The Balaban J connectivity index is 2.22. The molecule has 18 heavy (non-hydrogen) atoms. The second-order valence-electron chi connectivity index (χ2n) is 6.90. The van der Waals surface area contributed by atoms with E-state index in [9.17, 15) is 0 Å². The van der Waals surface area contributed by atoms with Crippen molar-refractivity contribution in [1.82, 2.24) is 5.32 Å². The first-order chi connectivity index (χ1) is 8.42. The Bertz CT molecular complexity index is 375. The first kappa shape index (κ1) is 13.6. The fourth-order valence-electron chi connectivity index (χ4n) is 2.82. The molecule has 100 valence electrons. The number of hydrogen-bond donors (Lipinski definition) is 1. The zero-order chi connectivity index (χ0) is 13.2. The molecular formula is C17H27N. The Morgan fingerprint density at radius 1 is 1.00 bits per heavy atom. The zero-order valence-corrected chi connectivity index (χ0v) is 12.3. The van der Waals surface area contributed by atoms with Crippen LogP contribution in [0, 0.1) is 0 Å². The Kier molecular flexibility index (Phi) is 3.82. The van der Waals surface area contributed by atoms with Gasteiger partial charge in [0.1, 0.15) is 0 Å². The molecule has 0 aliphatic carbocycles. The van der Waals surface area contributed by atoms with Crippen LogP contribution in [0.3, 0.4) is 0 Å². The van der Waals surface area contributed by atoms with E-state index in [4.69, 9.17) is 0 Å². The van der Waals surface area contributed by atoms with Crippen LogP contribution in [0.2, 0.25) is 0 Å². The minimum Gasteiger partial charge on any atom is -0.308 e. The summed E-state index contributed by atoms with van der Waals surface area (Å²) in [7, 11) is 0. The maximum Gasteiger partial charge on any atom is 0.0406 e. The van der Waals surface area contributed by atoms with E-state index < -0.39 is 0 Å². The van der Waals surface area contributed by atoms with Crippen molar-refractivity contribution < 1.29 is 0 Å². The van der Waals surface area contributed by atoms with Gasteiger partial charge in [-0.3, -0.25) is 0 Å². The summed E-state index contributed by atoms with van der Waals surface area (Å²) < 4.78 is 0. The first-order valence-corrected chi connectivity index (χ1v) is 7.28. The van der Waals surface area contributed by atoms with Crippen molar-refractivity contribution in [1.29, 1.82) is 0 Å². The van der Waals surface area contributed by atoms with Crippen LogP contribution in [0.1, 0.15) is 64.5 Å². The maximum absolute atomic E-state index is 3.73. The van der Waals surface area contributed by atoms with Crippen LogP contribution in [-0.2, 0) is 11.0 Å². The Hall–Kier alpha value is -0.820. The van der Waals surface area contributed by atoms with Crippen LogP contribution < -0.4 is 5.32 Å². The predicted molar refractivity (Wildman–Crippen MR) is 79.0 cm³/mol.